The first-order valence-corrected chi connectivity index (χ1v) is 8.47. The molecule has 0 N–H and O–H groups in total. The van der Waals surface area contributed by atoms with Crippen LogP contribution in [0.15, 0.2) is 12.4 Å². The van der Waals surface area contributed by atoms with Gasteiger partial charge in [-0.15, -0.1) is 0 Å². The van der Waals surface area contributed by atoms with Crippen LogP contribution in [0.4, 0.5) is 22.0 Å². The van der Waals surface area contributed by atoms with Crippen LogP contribution in [0.25, 0.3) is 0 Å². The van der Waals surface area contributed by atoms with E-state index >= 15 is 0 Å². The number of alkyl halides is 5. The van der Waals surface area contributed by atoms with Crippen LogP contribution in [-0.2, 0) is 26.8 Å². The van der Waals surface area contributed by atoms with E-state index in [1.54, 1.807) is 13.8 Å². The van der Waals surface area contributed by atoms with Crippen LogP contribution in [0.3, 0.4) is 0 Å². The van der Waals surface area contributed by atoms with E-state index in [-0.39, 0.29) is 19.0 Å². The highest BCUT2D eigenvalue weighted by Crippen LogP contribution is 2.49. The molecular formula is C10H12F5N2O3PS. The van der Waals surface area contributed by atoms with Crippen LogP contribution in [-0.4, -0.2) is 29.4 Å². The lowest BCUT2D eigenvalue weighted by atomic mass is 10.3. The van der Waals surface area contributed by atoms with Crippen LogP contribution < -0.4 is 4.52 Å². The monoisotopic (exact) mass is 366 g/mol. The summed E-state index contributed by atoms with van der Waals surface area (Å²) in [7, 11) is 0. The molecule has 5 nitrogen and oxygen atoms in total. The second-order valence-electron chi connectivity index (χ2n) is 3.69. The number of hydrogen-bond acceptors (Lipinski definition) is 6. The molecule has 126 valence electrons. The first-order chi connectivity index (χ1) is 10.1. The molecule has 22 heavy (non-hydrogen) atoms. The molecule has 0 aromatic carbocycles. The maximum Gasteiger partial charge on any atom is 0.461 e. The van der Waals surface area contributed by atoms with E-state index in [9.17, 15) is 22.0 Å². The van der Waals surface area contributed by atoms with E-state index in [0.29, 0.717) is 12.4 Å². The summed E-state index contributed by atoms with van der Waals surface area (Å²) in [5, 5.41) is 0. The Morgan fingerprint density at radius 1 is 1.05 bits per heavy atom. The molecule has 1 aromatic heterocycles. The van der Waals surface area contributed by atoms with Crippen molar-refractivity contribution in [3.05, 3.63) is 18.2 Å². The summed E-state index contributed by atoms with van der Waals surface area (Å²) < 4.78 is 78.0. The van der Waals surface area contributed by atoms with Gasteiger partial charge in [-0.05, 0) is 13.8 Å². The Balaban J connectivity index is 2.96. The van der Waals surface area contributed by atoms with E-state index in [1.165, 1.54) is 0 Å². The Morgan fingerprint density at radius 2 is 1.50 bits per heavy atom. The third-order valence-electron chi connectivity index (χ3n) is 2.06. The molecule has 0 saturated carbocycles. The normalized spacial score (nSPS) is 13.2. The van der Waals surface area contributed by atoms with Gasteiger partial charge in [-0.2, -0.15) is 22.0 Å². The minimum Gasteiger partial charge on any atom is -0.421 e. The maximum atomic E-state index is 13.0. The third-order valence-corrected chi connectivity index (χ3v) is 4.50. The fourth-order valence-corrected chi connectivity index (χ4v) is 3.24. The molecule has 0 aliphatic heterocycles. The quantitative estimate of drug-likeness (QED) is 0.540. The van der Waals surface area contributed by atoms with Crippen LogP contribution in [0.2, 0.25) is 0 Å². The van der Waals surface area contributed by atoms with Crippen molar-refractivity contribution >= 4 is 18.5 Å². The van der Waals surface area contributed by atoms with Crippen LogP contribution >= 0.6 is 6.72 Å². The predicted molar refractivity (Wildman–Crippen MR) is 70.1 cm³/mol. The predicted octanol–water partition coefficient (Wildman–Crippen LogP) is 3.81. The van der Waals surface area contributed by atoms with Gasteiger partial charge in [0.05, 0.1) is 25.6 Å². The van der Waals surface area contributed by atoms with Crippen molar-refractivity contribution in [2.45, 2.75) is 25.9 Å². The van der Waals surface area contributed by atoms with Crippen molar-refractivity contribution in [1.82, 2.24) is 9.97 Å². The Bertz CT molecular complexity index is 530. The highest BCUT2D eigenvalue weighted by Gasteiger charge is 2.61. The first kappa shape index (κ1) is 19.1. The molecule has 0 amide bonds. The molecule has 0 aliphatic rings. The molecule has 0 spiro atoms. The average molecular weight is 366 g/mol. The molecule has 0 radical (unpaired) electrons. The van der Waals surface area contributed by atoms with Crippen molar-refractivity contribution in [2.24, 2.45) is 0 Å². The number of nitrogens with zero attached hydrogens (tertiary/aromatic N) is 2. The molecule has 1 heterocycles. The lowest BCUT2D eigenvalue weighted by Crippen LogP contribution is -2.35. The molecule has 1 rings (SSSR count). The number of rotatable bonds is 7. The lowest BCUT2D eigenvalue weighted by Gasteiger charge is -2.21. The second kappa shape index (κ2) is 7.12. The molecule has 1 aromatic rings. The minimum absolute atomic E-state index is 0.169. The molecule has 0 aliphatic carbocycles. The largest absolute Gasteiger partial charge is 0.461 e. The van der Waals surface area contributed by atoms with Crippen LogP contribution in [0, 0.1) is 0 Å². The molecular weight excluding hydrogens is 354 g/mol. The van der Waals surface area contributed by atoms with Gasteiger partial charge in [0.25, 0.3) is 0 Å². The van der Waals surface area contributed by atoms with Crippen molar-refractivity contribution in [3.63, 3.8) is 0 Å². The van der Waals surface area contributed by atoms with Gasteiger partial charge in [0, 0.05) is 11.8 Å². The minimum atomic E-state index is -5.79. The van der Waals surface area contributed by atoms with Crippen molar-refractivity contribution in [2.75, 3.05) is 13.2 Å². The van der Waals surface area contributed by atoms with Gasteiger partial charge < -0.3 is 4.52 Å². The summed E-state index contributed by atoms with van der Waals surface area (Å²) in [6, 6.07) is 0. The average Bonchev–Trinajstić information content (AvgIpc) is 2.38. The smallest absolute Gasteiger partial charge is 0.421 e. The molecule has 0 saturated heterocycles. The van der Waals surface area contributed by atoms with Crippen LogP contribution in [0.5, 0.6) is 5.75 Å². The highest BCUT2D eigenvalue weighted by molar-refractivity contribution is 8.07. The van der Waals surface area contributed by atoms with Gasteiger partial charge in [-0.1, -0.05) is 0 Å². The van der Waals surface area contributed by atoms with Crippen LogP contribution in [0.1, 0.15) is 19.7 Å². The zero-order valence-electron chi connectivity index (χ0n) is 11.4. The summed E-state index contributed by atoms with van der Waals surface area (Å²) in [4.78, 5) is 5.95. The van der Waals surface area contributed by atoms with E-state index in [1.807, 2.05) is 0 Å². The van der Waals surface area contributed by atoms with Gasteiger partial charge in [0.1, 0.15) is 0 Å². The van der Waals surface area contributed by atoms with Gasteiger partial charge >= 0.3 is 18.8 Å². The number of halogens is 5. The fourth-order valence-electron chi connectivity index (χ4n) is 1.19. The number of aromatic nitrogens is 2. The summed E-state index contributed by atoms with van der Waals surface area (Å²) in [5.74, 6) is -7.08. The van der Waals surface area contributed by atoms with E-state index in [4.69, 9.17) is 25.4 Å². The summed E-state index contributed by atoms with van der Waals surface area (Å²) in [6.07, 6.45) is -4.48. The molecule has 12 heteroatoms. The Hall–Kier alpha value is -0.900. The molecule has 0 bridgehead atoms. The van der Waals surface area contributed by atoms with Crippen molar-refractivity contribution in [3.8, 4) is 5.75 Å². The van der Waals surface area contributed by atoms with Gasteiger partial charge in [0.2, 0.25) is 5.82 Å². The molecule has 0 atom stereocenters. The molecule has 0 unspecified atom stereocenters. The summed E-state index contributed by atoms with van der Waals surface area (Å²) in [5.41, 5.74) is 0. The van der Waals surface area contributed by atoms with Gasteiger partial charge in [-0.25, -0.2) is 9.97 Å². The van der Waals surface area contributed by atoms with E-state index in [0.717, 1.165) is 0 Å². The molecule has 0 fully saturated rings. The zero-order valence-corrected chi connectivity index (χ0v) is 13.1. The Kier molecular flexibility index (Phi) is 6.19. The summed E-state index contributed by atoms with van der Waals surface area (Å²) >= 11 is 5.01. The first-order valence-electron chi connectivity index (χ1n) is 5.91. The maximum absolute atomic E-state index is 13.0. The Morgan fingerprint density at radius 3 is 1.86 bits per heavy atom. The Labute approximate surface area is 128 Å². The standard InChI is InChI=1S/C10H12F5N2O3PS/c1-3-18-21(22,19-4-2)20-7-5-16-8(17-6-7)9(11,12)10(13,14)15/h5-6H,3-4H2,1-2H3. The number of hydrogen-bond donors (Lipinski definition) is 0. The van der Waals surface area contributed by atoms with Gasteiger partial charge in [0.15, 0.2) is 5.75 Å². The van der Waals surface area contributed by atoms with Crippen molar-refractivity contribution in [1.29, 1.82) is 0 Å². The van der Waals surface area contributed by atoms with E-state index < -0.39 is 24.6 Å². The fraction of sp³-hybridized carbons (Fsp3) is 0.600. The summed E-state index contributed by atoms with van der Waals surface area (Å²) in [6.45, 7) is 0.416. The zero-order chi connectivity index (χ0) is 17.0. The third kappa shape index (κ3) is 4.55. The van der Waals surface area contributed by atoms with Gasteiger partial charge in [-0.3, -0.25) is 9.05 Å². The lowest BCUT2D eigenvalue weighted by molar-refractivity contribution is -0.292. The highest BCUT2D eigenvalue weighted by atomic mass is 32.5. The SMILES string of the molecule is CCOP(=S)(OCC)Oc1cnc(C(F)(F)C(F)(F)F)nc1. The second-order valence-corrected chi connectivity index (χ2v) is 6.62. The van der Waals surface area contributed by atoms with E-state index in [2.05, 4.69) is 9.97 Å². The topological polar surface area (TPSA) is 53.5 Å². The van der Waals surface area contributed by atoms with Crippen molar-refractivity contribution < 1.29 is 35.5 Å².